The van der Waals surface area contributed by atoms with Gasteiger partial charge in [0.25, 0.3) is 5.91 Å². The molecule has 0 atom stereocenters. The minimum Gasteiger partial charge on any atom is -0.339 e. The summed E-state index contributed by atoms with van der Waals surface area (Å²) in [7, 11) is 0. The van der Waals surface area contributed by atoms with E-state index in [1.54, 1.807) is 4.90 Å². The molecule has 0 fully saturated rings. The molecule has 2 nitrogen and oxygen atoms in total. The van der Waals surface area contributed by atoms with E-state index in [0.29, 0.717) is 18.7 Å². The van der Waals surface area contributed by atoms with Gasteiger partial charge in [0.05, 0.1) is 5.56 Å². The molecular formula is C17H24F3NO. The quantitative estimate of drug-likeness (QED) is 0.608. The van der Waals surface area contributed by atoms with Gasteiger partial charge in [0, 0.05) is 18.7 Å². The summed E-state index contributed by atoms with van der Waals surface area (Å²) in [6, 6.07) is 4.47. The maximum atomic E-state index is 12.6. The molecule has 0 radical (unpaired) electrons. The van der Waals surface area contributed by atoms with Crippen molar-refractivity contribution in [3.05, 3.63) is 35.4 Å². The van der Waals surface area contributed by atoms with Crippen LogP contribution in [0.25, 0.3) is 0 Å². The number of amides is 1. The predicted molar refractivity (Wildman–Crippen MR) is 81.8 cm³/mol. The first-order chi connectivity index (χ1) is 10.4. The SMILES string of the molecule is CCCCCN(CCCC)C(=O)c1ccc(C(F)(F)F)cc1. The number of alkyl halides is 3. The van der Waals surface area contributed by atoms with Crippen LogP contribution in [-0.4, -0.2) is 23.9 Å². The molecule has 5 heteroatoms. The van der Waals surface area contributed by atoms with E-state index >= 15 is 0 Å². The van der Waals surface area contributed by atoms with Crippen molar-refractivity contribution < 1.29 is 18.0 Å². The van der Waals surface area contributed by atoms with Crippen LogP contribution in [0.5, 0.6) is 0 Å². The van der Waals surface area contributed by atoms with Crippen molar-refractivity contribution in [2.75, 3.05) is 13.1 Å². The molecule has 1 amide bonds. The van der Waals surface area contributed by atoms with E-state index in [-0.39, 0.29) is 5.91 Å². The Balaban J connectivity index is 2.78. The van der Waals surface area contributed by atoms with Crippen molar-refractivity contribution in [1.29, 1.82) is 0 Å². The van der Waals surface area contributed by atoms with E-state index in [4.69, 9.17) is 0 Å². The Morgan fingerprint density at radius 1 is 0.955 bits per heavy atom. The van der Waals surface area contributed by atoms with Crippen LogP contribution in [0.1, 0.15) is 61.9 Å². The lowest BCUT2D eigenvalue weighted by atomic mass is 10.1. The van der Waals surface area contributed by atoms with Crippen LogP contribution in [0.3, 0.4) is 0 Å². The van der Waals surface area contributed by atoms with Crippen molar-refractivity contribution in [1.82, 2.24) is 4.90 Å². The van der Waals surface area contributed by atoms with E-state index in [9.17, 15) is 18.0 Å². The highest BCUT2D eigenvalue weighted by molar-refractivity contribution is 5.94. The van der Waals surface area contributed by atoms with Gasteiger partial charge >= 0.3 is 6.18 Å². The second-order valence-corrected chi connectivity index (χ2v) is 5.43. The Hall–Kier alpha value is -1.52. The number of hydrogen-bond acceptors (Lipinski definition) is 1. The largest absolute Gasteiger partial charge is 0.416 e. The molecule has 22 heavy (non-hydrogen) atoms. The van der Waals surface area contributed by atoms with E-state index in [2.05, 4.69) is 6.92 Å². The highest BCUT2D eigenvalue weighted by Gasteiger charge is 2.30. The van der Waals surface area contributed by atoms with Gasteiger partial charge in [0.2, 0.25) is 0 Å². The zero-order chi connectivity index (χ0) is 16.6. The molecule has 0 bridgehead atoms. The molecule has 0 saturated carbocycles. The monoisotopic (exact) mass is 315 g/mol. The van der Waals surface area contributed by atoms with E-state index in [0.717, 1.165) is 44.2 Å². The average molecular weight is 315 g/mol. The number of hydrogen-bond donors (Lipinski definition) is 0. The third-order valence-corrected chi connectivity index (χ3v) is 3.56. The summed E-state index contributed by atoms with van der Waals surface area (Å²) in [6.07, 6.45) is 0.541. The molecule has 0 heterocycles. The lowest BCUT2D eigenvalue weighted by Crippen LogP contribution is -2.33. The average Bonchev–Trinajstić information content (AvgIpc) is 2.49. The highest BCUT2D eigenvalue weighted by Crippen LogP contribution is 2.29. The number of unbranched alkanes of at least 4 members (excludes halogenated alkanes) is 3. The Labute approximate surface area is 130 Å². The van der Waals surface area contributed by atoms with Crippen molar-refractivity contribution in [2.24, 2.45) is 0 Å². The van der Waals surface area contributed by atoms with Gasteiger partial charge in [-0.2, -0.15) is 13.2 Å². The summed E-state index contributed by atoms with van der Waals surface area (Å²) >= 11 is 0. The van der Waals surface area contributed by atoms with Crippen molar-refractivity contribution >= 4 is 5.91 Å². The molecule has 1 aromatic carbocycles. The first kappa shape index (κ1) is 18.5. The summed E-state index contributed by atoms with van der Waals surface area (Å²) in [5, 5.41) is 0. The first-order valence-corrected chi connectivity index (χ1v) is 7.86. The van der Waals surface area contributed by atoms with Gasteiger partial charge in [-0.3, -0.25) is 4.79 Å². The molecule has 1 rings (SSSR count). The Bertz CT molecular complexity index is 454. The second kappa shape index (κ2) is 8.81. The van der Waals surface area contributed by atoms with Crippen LogP contribution < -0.4 is 0 Å². The zero-order valence-corrected chi connectivity index (χ0v) is 13.2. The number of carbonyl (C=O) groups excluding carboxylic acids is 1. The smallest absolute Gasteiger partial charge is 0.339 e. The van der Waals surface area contributed by atoms with Gasteiger partial charge < -0.3 is 4.90 Å². The molecule has 0 saturated heterocycles. The summed E-state index contributed by atoms with van der Waals surface area (Å²) < 4.78 is 37.7. The molecule has 0 aliphatic heterocycles. The van der Waals surface area contributed by atoms with Gasteiger partial charge in [0.1, 0.15) is 0 Å². The molecule has 0 aliphatic rings. The van der Waals surface area contributed by atoms with Crippen molar-refractivity contribution in [3.63, 3.8) is 0 Å². The van der Waals surface area contributed by atoms with Crippen LogP contribution in [0.2, 0.25) is 0 Å². The van der Waals surface area contributed by atoms with Crippen molar-refractivity contribution in [2.45, 2.75) is 52.1 Å². The van der Waals surface area contributed by atoms with E-state index < -0.39 is 11.7 Å². The first-order valence-electron chi connectivity index (χ1n) is 7.86. The Morgan fingerprint density at radius 2 is 1.50 bits per heavy atom. The number of carbonyl (C=O) groups is 1. The molecule has 0 aromatic heterocycles. The van der Waals surface area contributed by atoms with Crippen LogP contribution in [0.15, 0.2) is 24.3 Å². The third-order valence-electron chi connectivity index (χ3n) is 3.56. The Kier molecular flexibility index (Phi) is 7.42. The topological polar surface area (TPSA) is 20.3 Å². The molecular weight excluding hydrogens is 291 g/mol. The standard InChI is InChI=1S/C17H24F3NO/c1-3-5-7-13-21(12-6-4-2)16(22)14-8-10-15(11-9-14)17(18,19)20/h8-11H,3-7,12-13H2,1-2H3. The summed E-state index contributed by atoms with van der Waals surface area (Å²) in [4.78, 5) is 14.2. The van der Waals surface area contributed by atoms with Crippen LogP contribution in [0.4, 0.5) is 13.2 Å². The maximum absolute atomic E-state index is 12.6. The predicted octanol–water partition coefficient (Wildman–Crippen LogP) is 5.14. The lowest BCUT2D eigenvalue weighted by Gasteiger charge is -2.23. The fourth-order valence-electron chi connectivity index (χ4n) is 2.20. The van der Waals surface area contributed by atoms with Crippen LogP contribution in [-0.2, 0) is 6.18 Å². The fourth-order valence-corrected chi connectivity index (χ4v) is 2.20. The molecule has 124 valence electrons. The number of halogens is 3. The van der Waals surface area contributed by atoms with Gasteiger partial charge in [-0.1, -0.05) is 33.1 Å². The lowest BCUT2D eigenvalue weighted by molar-refractivity contribution is -0.137. The molecule has 0 spiro atoms. The van der Waals surface area contributed by atoms with Gasteiger partial charge in [-0.15, -0.1) is 0 Å². The third kappa shape index (κ3) is 5.70. The number of nitrogens with zero attached hydrogens (tertiary/aromatic N) is 1. The molecule has 1 aromatic rings. The van der Waals surface area contributed by atoms with E-state index in [1.807, 2.05) is 6.92 Å². The normalized spacial score (nSPS) is 11.5. The minimum absolute atomic E-state index is 0.182. The zero-order valence-electron chi connectivity index (χ0n) is 13.2. The van der Waals surface area contributed by atoms with Crippen LogP contribution >= 0.6 is 0 Å². The fraction of sp³-hybridized carbons (Fsp3) is 0.588. The van der Waals surface area contributed by atoms with Crippen molar-refractivity contribution in [3.8, 4) is 0 Å². The summed E-state index contributed by atoms with van der Waals surface area (Å²) in [5.41, 5.74) is -0.407. The van der Waals surface area contributed by atoms with Gasteiger partial charge in [-0.05, 0) is 37.1 Å². The van der Waals surface area contributed by atoms with Gasteiger partial charge in [0.15, 0.2) is 0 Å². The minimum atomic E-state index is -4.37. The summed E-state index contributed by atoms with van der Waals surface area (Å²) in [6.45, 7) is 5.45. The summed E-state index contributed by atoms with van der Waals surface area (Å²) in [5.74, 6) is -0.182. The molecule has 0 unspecified atom stereocenters. The van der Waals surface area contributed by atoms with E-state index in [1.165, 1.54) is 12.1 Å². The highest BCUT2D eigenvalue weighted by atomic mass is 19.4. The second-order valence-electron chi connectivity index (χ2n) is 5.43. The van der Waals surface area contributed by atoms with Crippen LogP contribution in [0, 0.1) is 0 Å². The maximum Gasteiger partial charge on any atom is 0.416 e. The Morgan fingerprint density at radius 3 is 2.00 bits per heavy atom. The number of rotatable bonds is 8. The van der Waals surface area contributed by atoms with Gasteiger partial charge in [-0.25, -0.2) is 0 Å². The number of benzene rings is 1. The molecule has 0 aliphatic carbocycles. The molecule has 0 N–H and O–H groups in total.